The minimum absolute atomic E-state index is 0.131. The normalized spacial score (nSPS) is 26.2. The van der Waals surface area contributed by atoms with E-state index in [4.69, 9.17) is 0 Å². The first kappa shape index (κ1) is 14.7. The molecule has 7 heteroatoms. The van der Waals surface area contributed by atoms with Crippen LogP contribution in [0.4, 0.5) is 4.39 Å². The van der Waals surface area contributed by atoms with E-state index in [1.807, 2.05) is 0 Å². The Labute approximate surface area is 137 Å². The summed E-state index contributed by atoms with van der Waals surface area (Å²) in [6, 6.07) is 3.14. The molecule has 1 atom stereocenters. The molecule has 0 saturated carbocycles. The molecule has 0 spiro atoms. The Morgan fingerprint density at radius 3 is 2.83 bits per heavy atom. The van der Waals surface area contributed by atoms with Crippen molar-refractivity contribution in [2.24, 2.45) is 5.92 Å². The van der Waals surface area contributed by atoms with E-state index in [1.54, 1.807) is 11.4 Å². The zero-order valence-corrected chi connectivity index (χ0v) is 13.4. The topological polar surface area (TPSA) is 58.1 Å². The molecular formula is C16H17FN4OS. The SMILES string of the molecule is O=C(N[C@H]1CN2CCC1CC2)c1csc(-c2ccc(F)cn2)n1. The van der Waals surface area contributed by atoms with Gasteiger partial charge in [-0.25, -0.2) is 9.37 Å². The molecule has 3 fully saturated rings. The molecule has 0 unspecified atom stereocenters. The van der Waals surface area contributed by atoms with Crippen LogP contribution in [0.5, 0.6) is 0 Å². The van der Waals surface area contributed by atoms with Crippen LogP contribution in [0, 0.1) is 11.7 Å². The number of thiazole rings is 1. The van der Waals surface area contributed by atoms with E-state index in [-0.39, 0.29) is 17.8 Å². The molecule has 2 bridgehead atoms. The van der Waals surface area contributed by atoms with Crippen LogP contribution >= 0.6 is 11.3 Å². The lowest BCUT2D eigenvalue weighted by Gasteiger charge is -2.44. The van der Waals surface area contributed by atoms with Crippen LogP contribution in [0.25, 0.3) is 10.7 Å². The number of piperidine rings is 3. The largest absolute Gasteiger partial charge is 0.346 e. The molecule has 0 radical (unpaired) electrons. The maximum Gasteiger partial charge on any atom is 0.271 e. The van der Waals surface area contributed by atoms with Crippen molar-refractivity contribution in [1.82, 2.24) is 20.2 Å². The first-order valence-corrected chi connectivity index (χ1v) is 8.68. The van der Waals surface area contributed by atoms with Crippen molar-refractivity contribution in [3.8, 4) is 10.7 Å². The number of carbonyl (C=O) groups is 1. The highest BCUT2D eigenvalue weighted by Crippen LogP contribution is 2.28. The molecule has 1 N–H and O–H groups in total. The zero-order valence-electron chi connectivity index (χ0n) is 12.5. The van der Waals surface area contributed by atoms with Crippen molar-refractivity contribution < 1.29 is 9.18 Å². The summed E-state index contributed by atoms with van der Waals surface area (Å²) in [4.78, 5) is 23.2. The van der Waals surface area contributed by atoms with Gasteiger partial charge in [-0.1, -0.05) is 0 Å². The summed E-state index contributed by atoms with van der Waals surface area (Å²) in [5.74, 6) is 0.0693. The van der Waals surface area contributed by atoms with Gasteiger partial charge in [-0.2, -0.15) is 0 Å². The highest BCUT2D eigenvalue weighted by atomic mass is 32.1. The minimum atomic E-state index is -0.384. The number of carbonyl (C=O) groups excluding carboxylic acids is 1. The number of rotatable bonds is 3. The van der Waals surface area contributed by atoms with Gasteiger partial charge in [-0.05, 0) is 44.0 Å². The van der Waals surface area contributed by atoms with Crippen LogP contribution in [0.15, 0.2) is 23.7 Å². The first-order valence-electron chi connectivity index (χ1n) is 7.80. The lowest BCUT2D eigenvalue weighted by Crippen LogP contribution is -2.57. The number of nitrogens with one attached hydrogen (secondary N) is 1. The summed E-state index contributed by atoms with van der Waals surface area (Å²) in [5, 5.41) is 5.49. The van der Waals surface area contributed by atoms with Crippen molar-refractivity contribution in [2.75, 3.05) is 19.6 Å². The van der Waals surface area contributed by atoms with Crippen LogP contribution < -0.4 is 5.32 Å². The van der Waals surface area contributed by atoms with Gasteiger partial charge in [0.25, 0.3) is 5.91 Å². The van der Waals surface area contributed by atoms with Crippen LogP contribution in [0.1, 0.15) is 23.3 Å². The predicted octanol–water partition coefficient (Wildman–Crippen LogP) is 2.17. The number of pyridine rings is 1. The molecule has 2 aromatic heterocycles. The standard InChI is InChI=1S/C16H17FN4OS/c17-11-1-2-12(18-7-11)16-20-14(9-23-16)15(22)19-13-8-21-5-3-10(13)4-6-21/h1-2,7,9-10,13H,3-6,8H2,(H,19,22)/t13-/m0/s1. The van der Waals surface area contributed by atoms with E-state index in [0.29, 0.717) is 22.3 Å². The summed E-state index contributed by atoms with van der Waals surface area (Å²) in [6.07, 6.45) is 3.48. The molecule has 120 valence electrons. The Balaban J connectivity index is 1.46. The summed E-state index contributed by atoms with van der Waals surface area (Å²) < 4.78 is 12.9. The van der Waals surface area contributed by atoms with Crippen LogP contribution in [0.2, 0.25) is 0 Å². The van der Waals surface area contributed by atoms with Crippen LogP contribution in [-0.4, -0.2) is 46.5 Å². The third-order valence-corrected chi connectivity index (χ3v) is 5.52. The molecule has 0 aliphatic carbocycles. The number of hydrogen-bond donors (Lipinski definition) is 1. The molecule has 1 amide bonds. The average molecular weight is 332 g/mol. The zero-order chi connectivity index (χ0) is 15.8. The fourth-order valence-corrected chi connectivity index (χ4v) is 4.14. The number of nitrogens with zero attached hydrogens (tertiary/aromatic N) is 3. The second-order valence-electron chi connectivity index (χ2n) is 6.12. The lowest BCUT2D eigenvalue weighted by molar-refractivity contribution is 0.0618. The van der Waals surface area contributed by atoms with E-state index in [9.17, 15) is 9.18 Å². The van der Waals surface area contributed by atoms with E-state index in [2.05, 4.69) is 20.2 Å². The van der Waals surface area contributed by atoms with Gasteiger partial charge in [0, 0.05) is 18.0 Å². The van der Waals surface area contributed by atoms with Crippen molar-refractivity contribution in [3.05, 3.63) is 35.2 Å². The number of hydrogen-bond acceptors (Lipinski definition) is 5. The van der Waals surface area contributed by atoms with Gasteiger partial charge in [-0.15, -0.1) is 11.3 Å². The van der Waals surface area contributed by atoms with Crippen molar-refractivity contribution >= 4 is 17.2 Å². The summed E-state index contributed by atoms with van der Waals surface area (Å²) in [5.41, 5.74) is 0.992. The molecule has 5 nitrogen and oxygen atoms in total. The van der Waals surface area contributed by atoms with E-state index in [1.165, 1.54) is 17.4 Å². The van der Waals surface area contributed by atoms with E-state index < -0.39 is 0 Å². The highest BCUT2D eigenvalue weighted by molar-refractivity contribution is 7.13. The van der Waals surface area contributed by atoms with Crippen molar-refractivity contribution in [3.63, 3.8) is 0 Å². The third-order valence-electron chi connectivity index (χ3n) is 4.66. The van der Waals surface area contributed by atoms with E-state index >= 15 is 0 Å². The monoisotopic (exact) mass is 332 g/mol. The van der Waals surface area contributed by atoms with Gasteiger partial charge in [0.2, 0.25) is 0 Å². The first-order chi connectivity index (χ1) is 11.2. The lowest BCUT2D eigenvalue weighted by atomic mass is 9.84. The minimum Gasteiger partial charge on any atom is -0.346 e. The van der Waals surface area contributed by atoms with Gasteiger partial charge >= 0.3 is 0 Å². The molecular weight excluding hydrogens is 315 g/mol. The van der Waals surface area contributed by atoms with Gasteiger partial charge in [0.05, 0.1) is 11.9 Å². The Bertz CT molecular complexity index is 709. The number of fused-ring (bicyclic) bond motifs is 3. The van der Waals surface area contributed by atoms with Crippen molar-refractivity contribution in [2.45, 2.75) is 18.9 Å². The van der Waals surface area contributed by atoms with Gasteiger partial charge in [0.15, 0.2) is 0 Å². The van der Waals surface area contributed by atoms with Crippen LogP contribution in [0.3, 0.4) is 0 Å². The van der Waals surface area contributed by atoms with Gasteiger partial charge in [0.1, 0.15) is 16.5 Å². The molecule has 3 saturated heterocycles. The molecule has 0 aromatic carbocycles. The maximum absolute atomic E-state index is 12.9. The third kappa shape index (κ3) is 2.98. The summed E-state index contributed by atoms with van der Waals surface area (Å²) in [6.45, 7) is 3.23. The number of amides is 1. The molecule has 23 heavy (non-hydrogen) atoms. The predicted molar refractivity (Wildman–Crippen MR) is 85.7 cm³/mol. The Kier molecular flexibility index (Phi) is 3.82. The Morgan fingerprint density at radius 1 is 1.35 bits per heavy atom. The molecule has 5 heterocycles. The van der Waals surface area contributed by atoms with Crippen LogP contribution in [-0.2, 0) is 0 Å². The van der Waals surface area contributed by atoms with Gasteiger partial charge in [-0.3, -0.25) is 9.78 Å². The molecule has 3 aliphatic heterocycles. The molecule has 2 aromatic rings. The fourth-order valence-electron chi connectivity index (χ4n) is 3.37. The number of halogens is 1. The van der Waals surface area contributed by atoms with Gasteiger partial charge < -0.3 is 10.2 Å². The summed E-state index contributed by atoms with van der Waals surface area (Å²) >= 11 is 1.35. The smallest absolute Gasteiger partial charge is 0.271 e. The second-order valence-corrected chi connectivity index (χ2v) is 6.98. The van der Waals surface area contributed by atoms with Crippen molar-refractivity contribution in [1.29, 1.82) is 0 Å². The number of aromatic nitrogens is 2. The molecule has 3 aliphatic rings. The quantitative estimate of drug-likeness (QED) is 0.936. The summed E-state index contributed by atoms with van der Waals surface area (Å²) in [7, 11) is 0. The fraction of sp³-hybridized carbons (Fsp3) is 0.438. The second kappa shape index (κ2) is 5.98. The van der Waals surface area contributed by atoms with E-state index in [0.717, 1.165) is 38.7 Å². The average Bonchev–Trinajstić information content (AvgIpc) is 3.07. The maximum atomic E-state index is 12.9. The Hall–Kier alpha value is -1.86. The highest BCUT2D eigenvalue weighted by Gasteiger charge is 2.35. The molecule has 5 rings (SSSR count). The Morgan fingerprint density at radius 2 is 2.17 bits per heavy atom.